The second-order valence-electron chi connectivity index (χ2n) is 5.16. The summed E-state index contributed by atoms with van der Waals surface area (Å²) in [6, 6.07) is 16.3. The van der Waals surface area contributed by atoms with Crippen LogP contribution in [0.1, 0.15) is 6.92 Å². The van der Waals surface area contributed by atoms with Gasteiger partial charge in [0.2, 0.25) is 0 Å². The van der Waals surface area contributed by atoms with Crippen molar-refractivity contribution in [1.82, 2.24) is 0 Å². The molecule has 1 unspecified atom stereocenters. The standard InChI is InChI=1S/C17H16ClN3OS/c1-12-11-19-17(23-12)21(15-9-5-6-13(18)10-15)16(22)20-14-7-3-2-4-8-14/h2-10,12H,11H2,1H3,(H,20,22). The number of amidine groups is 1. The van der Waals surface area contributed by atoms with Crippen LogP contribution in [-0.2, 0) is 0 Å². The normalized spacial score (nSPS) is 16.8. The second kappa shape index (κ2) is 7.06. The first-order chi connectivity index (χ1) is 11.1. The summed E-state index contributed by atoms with van der Waals surface area (Å²) < 4.78 is 0. The number of rotatable bonds is 2. The van der Waals surface area contributed by atoms with Gasteiger partial charge >= 0.3 is 6.03 Å². The van der Waals surface area contributed by atoms with Crippen molar-refractivity contribution >= 4 is 45.9 Å². The van der Waals surface area contributed by atoms with E-state index in [0.717, 1.165) is 5.69 Å². The van der Waals surface area contributed by atoms with E-state index < -0.39 is 0 Å². The molecule has 0 spiro atoms. The first kappa shape index (κ1) is 15.9. The van der Waals surface area contributed by atoms with Crippen molar-refractivity contribution in [1.29, 1.82) is 0 Å². The molecule has 1 atom stereocenters. The molecule has 0 aromatic heterocycles. The van der Waals surface area contributed by atoms with E-state index in [2.05, 4.69) is 17.2 Å². The maximum absolute atomic E-state index is 12.8. The zero-order valence-corrected chi connectivity index (χ0v) is 14.1. The number of thioether (sulfide) groups is 1. The molecule has 118 valence electrons. The van der Waals surface area contributed by atoms with E-state index in [4.69, 9.17) is 11.6 Å². The third-order valence-corrected chi connectivity index (χ3v) is 4.59. The summed E-state index contributed by atoms with van der Waals surface area (Å²) >= 11 is 7.67. The van der Waals surface area contributed by atoms with Crippen molar-refractivity contribution in [3.8, 4) is 0 Å². The molecule has 0 saturated carbocycles. The number of amides is 2. The average Bonchev–Trinajstić information content (AvgIpc) is 2.94. The third kappa shape index (κ3) is 3.86. The number of benzene rings is 2. The van der Waals surface area contributed by atoms with E-state index in [1.165, 1.54) is 0 Å². The fourth-order valence-corrected chi connectivity index (χ4v) is 3.35. The van der Waals surface area contributed by atoms with E-state index in [-0.39, 0.29) is 6.03 Å². The number of hydrogen-bond acceptors (Lipinski definition) is 3. The van der Waals surface area contributed by atoms with E-state index in [0.29, 0.717) is 27.7 Å². The number of carbonyl (C=O) groups is 1. The Morgan fingerprint density at radius 3 is 2.70 bits per heavy atom. The molecule has 1 N–H and O–H groups in total. The van der Waals surface area contributed by atoms with Crippen LogP contribution in [0.25, 0.3) is 0 Å². The summed E-state index contributed by atoms with van der Waals surface area (Å²) in [6.45, 7) is 2.79. The average molecular weight is 346 g/mol. The molecule has 6 heteroatoms. The molecule has 1 heterocycles. The van der Waals surface area contributed by atoms with Gasteiger partial charge in [0.25, 0.3) is 0 Å². The Bertz CT molecular complexity index is 736. The van der Waals surface area contributed by atoms with Gasteiger partial charge in [0.15, 0.2) is 5.17 Å². The Balaban J connectivity index is 1.90. The molecular formula is C17H16ClN3OS. The highest BCUT2D eigenvalue weighted by molar-refractivity contribution is 8.15. The molecule has 0 bridgehead atoms. The number of urea groups is 1. The number of para-hydroxylation sites is 1. The number of nitrogens with zero attached hydrogens (tertiary/aromatic N) is 2. The van der Waals surface area contributed by atoms with Crippen LogP contribution in [0.4, 0.5) is 16.2 Å². The van der Waals surface area contributed by atoms with Crippen molar-refractivity contribution < 1.29 is 4.79 Å². The van der Waals surface area contributed by atoms with Gasteiger partial charge in [-0.15, -0.1) is 0 Å². The summed E-state index contributed by atoms with van der Waals surface area (Å²) in [5.74, 6) is 0. The summed E-state index contributed by atoms with van der Waals surface area (Å²) in [5.41, 5.74) is 1.44. The Morgan fingerprint density at radius 2 is 2.04 bits per heavy atom. The fraction of sp³-hybridized carbons (Fsp3) is 0.176. The van der Waals surface area contributed by atoms with Crippen LogP contribution in [0.15, 0.2) is 59.6 Å². The van der Waals surface area contributed by atoms with Gasteiger partial charge in [0.1, 0.15) is 0 Å². The molecule has 1 aliphatic heterocycles. The highest BCUT2D eigenvalue weighted by Crippen LogP contribution is 2.29. The van der Waals surface area contributed by atoms with Crippen LogP contribution in [-0.4, -0.2) is 23.0 Å². The van der Waals surface area contributed by atoms with E-state index in [9.17, 15) is 4.79 Å². The molecule has 2 aromatic carbocycles. The maximum Gasteiger partial charge on any atom is 0.332 e. The van der Waals surface area contributed by atoms with E-state index >= 15 is 0 Å². The fourth-order valence-electron chi connectivity index (χ4n) is 2.22. The SMILES string of the molecule is CC1CN=C(N(C(=O)Nc2ccccc2)c2cccc(Cl)c2)S1. The number of halogens is 1. The highest BCUT2D eigenvalue weighted by Gasteiger charge is 2.27. The van der Waals surface area contributed by atoms with Gasteiger partial charge in [-0.3, -0.25) is 4.99 Å². The topological polar surface area (TPSA) is 44.7 Å². The van der Waals surface area contributed by atoms with Crippen molar-refractivity contribution in [2.45, 2.75) is 12.2 Å². The summed E-state index contributed by atoms with van der Waals surface area (Å²) in [5, 5.41) is 4.53. The zero-order valence-electron chi connectivity index (χ0n) is 12.6. The molecule has 1 aliphatic rings. The number of anilines is 2. The van der Waals surface area contributed by atoms with Crippen LogP contribution in [0.5, 0.6) is 0 Å². The second-order valence-corrected chi connectivity index (χ2v) is 7.01. The molecule has 0 fully saturated rings. The number of nitrogens with one attached hydrogen (secondary N) is 1. The number of carbonyl (C=O) groups excluding carboxylic acids is 1. The zero-order chi connectivity index (χ0) is 16.2. The van der Waals surface area contributed by atoms with E-state index in [1.807, 2.05) is 42.5 Å². The van der Waals surface area contributed by atoms with Gasteiger partial charge in [-0.1, -0.05) is 54.6 Å². The first-order valence-corrected chi connectivity index (χ1v) is 8.52. The van der Waals surface area contributed by atoms with Crippen molar-refractivity contribution in [3.05, 3.63) is 59.6 Å². The van der Waals surface area contributed by atoms with Crippen molar-refractivity contribution in [3.63, 3.8) is 0 Å². The summed E-state index contributed by atoms with van der Waals surface area (Å²) in [4.78, 5) is 18.9. The largest absolute Gasteiger partial charge is 0.332 e. The molecule has 23 heavy (non-hydrogen) atoms. The Morgan fingerprint density at radius 1 is 1.26 bits per heavy atom. The Labute approximate surface area is 144 Å². The molecule has 0 radical (unpaired) electrons. The Hall–Kier alpha value is -1.98. The molecule has 0 saturated heterocycles. The minimum atomic E-state index is -0.251. The lowest BCUT2D eigenvalue weighted by molar-refractivity contribution is 0.259. The molecule has 4 nitrogen and oxygen atoms in total. The molecule has 0 aliphatic carbocycles. The van der Waals surface area contributed by atoms with Crippen molar-refractivity contribution in [2.24, 2.45) is 4.99 Å². The minimum absolute atomic E-state index is 0.251. The van der Waals surface area contributed by atoms with E-state index in [1.54, 1.807) is 28.8 Å². The highest BCUT2D eigenvalue weighted by atomic mass is 35.5. The predicted molar refractivity (Wildman–Crippen MR) is 98.7 cm³/mol. The molecular weight excluding hydrogens is 330 g/mol. The lowest BCUT2D eigenvalue weighted by atomic mass is 10.3. The monoisotopic (exact) mass is 345 g/mol. The Kier molecular flexibility index (Phi) is 4.88. The van der Waals surface area contributed by atoms with Gasteiger partial charge < -0.3 is 5.32 Å². The van der Waals surface area contributed by atoms with Gasteiger partial charge in [0, 0.05) is 16.0 Å². The van der Waals surface area contributed by atoms with Crippen LogP contribution >= 0.6 is 23.4 Å². The van der Waals surface area contributed by atoms with Gasteiger partial charge in [-0.25, -0.2) is 9.69 Å². The van der Waals surface area contributed by atoms with Gasteiger partial charge in [0.05, 0.1) is 12.2 Å². The summed E-state index contributed by atoms with van der Waals surface area (Å²) in [6.07, 6.45) is 0. The summed E-state index contributed by atoms with van der Waals surface area (Å²) in [7, 11) is 0. The quantitative estimate of drug-likeness (QED) is 0.843. The number of aliphatic imine (C=N–C) groups is 1. The smallest absolute Gasteiger partial charge is 0.307 e. The van der Waals surface area contributed by atoms with Crippen molar-refractivity contribution in [2.75, 3.05) is 16.8 Å². The van der Waals surface area contributed by atoms with Crippen LogP contribution in [0, 0.1) is 0 Å². The predicted octanol–water partition coefficient (Wildman–Crippen LogP) is 4.87. The van der Waals surface area contributed by atoms with Crippen LogP contribution in [0.2, 0.25) is 5.02 Å². The lowest BCUT2D eigenvalue weighted by Gasteiger charge is -2.23. The van der Waals surface area contributed by atoms with Crippen LogP contribution in [0.3, 0.4) is 0 Å². The minimum Gasteiger partial charge on any atom is -0.307 e. The maximum atomic E-state index is 12.8. The van der Waals surface area contributed by atoms with Gasteiger partial charge in [-0.05, 0) is 30.3 Å². The molecule has 2 amide bonds. The van der Waals surface area contributed by atoms with Gasteiger partial charge in [-0.2, -0.15) is 0 Å². The van der Waals surface area contributed by atoms with Crippen LogP contribution < -0.4 is 10.2 Å². The molecule has 2 aromatic rings. The lowest BCUT2D eigenvalue weighted by Crippen LogP contribution is -2.38. The third-order valence-electron chi connectivity index (χ3n) is 3.28. The number of hydrogen-bond donors (Lipinski definition) is 1. The molecule has 3 rings (SSSR count). The first-order valence-electron chi connectivity index (χ1n) is 7.26.